The summed E-state index contributed by atoms with van der Waals surface area (Å²) < 4.78 is 5.55. The number of carbonyl (C=O) groups is 2. The number of carbonyl (C=O) groups excluding carboxylic acids is 2. The highest BCUT2D eigenvalue weighted by molar-refractivity contribution is 6.14. The first-order valence-corrected chi connectivity index (χ1v) is 9.19. The molecule has 6 nitrogen and oxygen atoms in total. The number of allylic oxidation sites excluding steroid dienone is 3. The van der Waals surface area contributed by atoms with Crippen LogP contribution in [0.5, 0.6) is 0 Å². The summed E-state index contributed by atoms with van der Waals surface area (Å²) in [6, 6.07) is 7.92. The van der Waals surface area contributed by atoms with E-state index in [9.17, 15) is 14.4 Å². The fraction of sp³-hybridized carbons (Fsp3) is 0.182. The smallest absolute Gasteiger partial charge is 0.313 e. The molecule has 1 aromatic heterocycles. The molecule has 0 saturated heterocycles. The van der Waals surface area contributed by atoms with Gasteiger partial charge in [0.25, 0.3) is 5.91 Å². The van der Waals surface area contributed by atoms with Gasteiger partial charge >= 0.3 is 5.91 Å². The van der Waals surface area contributed by atoms with E-state index in [4.69, 9.17) is 4.42 Å². The van der Waals surface area contributed by atoms with Gasteiger partial charge in [-0.3, -0.25) is 14.4 Å². The minimum atomic E-state index is -0.638. The van der Waals surface area contributed by atoms with Crippen molar-refractivity contribution in [2.75, 3.05) is 0 Å². The van der Waals surface area contributed by atoms with E-state index >= 15 is 0 Å². The fourth-order valence-electron chi connectivity index (χ4n) is 4.04. The molecule has 2 amide bonds. The summed E-state index contributed by atoms with van der Waals surface area (Å²) in [5.41, 5.74) is 3.26. The maximum absolute atomic E-state index is 12.5. The van der Waals surface area contributed by atoms with Crippen LogP contribution >= 0.6 is 0 Å². The summed E-state index contributed by atoms with van der Waals surface area (Å²) in [7, 11) is 0. The Morgan fingerprint density at radius 2 is 2.04 bits per heavy atom. The third kappa shape index (κ3) is 2.65. The van der Waals surface area contributed by atoms with Crippen molar-refractivity contribution in [3.63, 3.8) is 0 Å². The van der Waals surface area contributed by atoms with Crippen molar-refractivity contribution < 1.29 is 14.0 Å². The molecule has 0 fully saturated rings. The lowest BCUT2D eigenvalue weighted by atomic mass is 9.85. The highest BCUT2D eigenvalue weighted by Gasteiger charge is 2.34. The molecular formula is C22H16N2O4. The zero-order chi connectivity index (χ0) is 19.3. The second-order valence-electron chi connectivity index (χ2n) is 7.06. The van der Waals surface area contributed by atoms with Gasteiger partial charge in [0.15, 0.2) is 11.2 Å². The Labute approximate surface area is 160 Å². The SMILES string of the molecule is O=C1NC2=CC(=NC(=O)c3cc(=O)c4ccccc4o3)C=CC2C2=C1CCC2. The van der Waals surface area contributed by atoms with Crippen molar-refractivity contribution in [3.8, 4) is 0 Å². The molecule has 6 heteroatoms. The monoisotopic (exact) mass is 372 g/mol. The van der Waals surface area contributed by atoms with Crippen molar-refractivity contribution in [3.05, 3.63) is 81.4 Å². The topological polar surface area (TPSA) is 88.7 Å². The Morgan fingerprint density at radius 3 is 2.93 bits per heavy atom. The summed E-state index contributed by atoms with van der Waals surface area (Å²) in [6.45, 7) is 0. The standard InChI is InChI=1S/C22H16N2O4/c25-18-11-20(28-19-7-2-1-4-16(18)19)22(27)23-12-8-9-14-13-5-3-6-15(13)21(26)24-17(14)10-12/h1-2,4,7-11,14H,3,5-6H2,(H,24,26). The molecule has 0 radical (unpaired) electrons. The lowest BCUT2D eigenvalue weighted by Crippen LogP contribution is -2.35. The quantitative estimate of drug-likeness (QED) is 0.833. The number of aliphatic imine (C=N–C) groups is 1. The second kappa shape index (κ2) is 6.27. The van der Waals surface area contributed by atoms with Crippen LogP contribution in [0.25, 0.3) is 11.0 Å². The number of rotatable bonds is 1. The highest BCUT2D eigenvalue weighted by Crippen LogP contribution is 2.39. The van der Waals surface area contributed by atoms with Crippen LogP contribution in [-0.2, 0) is 4.79 Å². The maximum atomic E-state index is 12.5. The number of amides is 2. The van der Waals surface area contributed by atoms with Crippen molar-refractivity contribution in [2.45, 2.75) is 19.3 Å². The van der Waals surface area contributed by atoms with Crippen LogP contribution in [0.2, 0.25) is 0 Å². The largest absolute Gasteiger partial charge is 0.451 e. The number of nitrogens with one attached hydrogen (secondary N) is 1. The molecule has 0 saturated carbocycles. The number of fused-ring (bicyclic) bond motifs is 3. The average Bonchev–Trinajstić information content (AvgIpc) is 3.18. The maximum Gasteiger partial charge on any atom is 0.313 e. The molecule has 3 aliphatic rings. The number of benzene rings is 1. The van der Waals surface area contributed by atoms with E-state index in [0.717, 1.165) is 42.2 Å². The number of hydrogen-bond donors (Lipinski definition) is 1. The molecule has 1 N–H and O–H groups in total. The molecule has 0 bridgehead atoms. The lowest BCUT2D eigenvalue weighted by Gasteiger charge is -2.28. The molecule has 2 aromatic rings. The molecule has 5 rings (SSSR count). The van der Waals surface area contributed by atoms with Gasteiger partial charge in [-0.2, -0.15) is 0 Å². The molecule has 1 atom stereocenters. The van der Waals surface area contributed by atoms with Crippen LogP contribution in [0.1, 0.15) is 29.8 Å². The fourth-order valence-corrected chi connectivity index (χ4v) is 4.04. The molecule has 1 aliphatic heterocycles. The van der Waals surface area contributed by atoms with E-state index in [1.165, 1.54) is 0 Å². The van der Waals surface area contributed by atoms with Gasteiger partial charge in [0.05, 0.1) is 11.1 Å². The van der Waals surface area contributed by atoms with Crippen molar-refractivity contribution in [1.82, 2.24) is 5.32 Å². The summed E-state index contributed by atoms with van der Waals surface area (Å²) in [5, 5.41) is 3.33. The molecule has 1 aromatic carbocycles. The average molecular weight is 372 g/mol. The van der Waals surface area contributed by atoms with Crippen molar-refractivity contribution in [1.29, 1.82) is 0 Å². The first-order chi connectivity index (χ1) is 13.6. The van der Waals surface area contributed by atoms with Gasteiger partial charge in [-0.1, -0.05) is 18.2 Å². The van der Waals surface area contributed by atoms with Crippen LogP contribution in [0.4, 0.5) is 0 Å². The van der Waals surface area contributed by atoms with Gasteiger partial charge < -0.3 is 9.73 Å². The van der Waals surface area contributed by atoms with Gasteiger partial charge in [-0.25, -0.2) is 4.99 Å². The number of para-hydroxylation sites is 1. The van der Waals surface area contributed by atoms with Crippen LogP contribution < -0.4 is 10.7 Å². The predicted octanol–water partition coefficient (Wildman–Crippen LogP) is 3.05. The van der Waals surface area contributed by atoms with Gasteiger partial charge in [-0.05, 0) is 49.1 Å². The van der Waals surface area contributed by atoms with Gasteiger partial charge in [-0.15, -0.1) is 0 Å². The Morgan fingerprint density at radius 1 is 1.18 bits per heavy atom. The molecular weight excluding hydrogens is 356 g/mol. The summed E-state index contributed by atoms with van der Waals surface area (Å²) in [4.78, 5) is 41.0. The van der Waals surface area contributed by atoms with Crippen LogP contribution in [0.3, 0.4) is 0 Å². The zero-order valence-corrected chi connectivity index (χ0v) is 14.9. The molecule has 28 heavy (non-hydrogen) atoms. The van der Waals surface area contributed by atoms with Crippen LogP contribution in [-0.4, -0.2) is 17.5 Å². The van der Waals surface area contributed by atoms with Gasteiger partial charge in [0.1, 0.15) is 5.58 Å². The van der Waals surface area contributed by atoms with E-state index < -0.39 is 5.91 Å². The summed E-state index contributed by atoms with van der Waals surface area (Å²) >= 11 is 0. The Kier molecular flexibility index (Phi) is 3.72. The first kappa shape index (κ1) is 16.6. The van der Waals surface area contributed by atoms with E-state index in [-0.39, 0.29) is 23.0 Å². The summed E-state index contributed by atoms with van der Waals surface area (Å²) in [6.07, 6.45) is 8.17. The van der Waals surface area contributed by atoms with E-state index in [0.29, 0.717) is 16.7 Å². The summed E-state index contributed by atoms with van der Waals surface area (Å²) in [5.74, 6) is -0.765. The van der Waals surface area contributed by atoms with Crippen LogP contribution in [0, 0.1) is 5.92 Å². The van der Waals surface area contributed by atoms with E-state index in [1.807, 2.05) is 6.08 Å². The third-order valence-corrected chi connectivity index (χ3v) is 5.34. The van der Waals surface area contributed by atoms with Gasteiger partial charge in [0.2, 0.25) is 0 Å². The molecule has 2 heterocycles. The van der Waals surface area contributed by atoms with E-state index in [1.54, 1.807) is 36.4 Å². The third-order valence-electron chi connectivity index (χ3n) is 5.34. The lowest BCUT2D eigenvalue weighted by molar-refractivity contribution is -0.117. The molecule has 2 aliphatic carbocycles. The minimum absolute atomic E-state index is 0.0443. The van der Waals surface area contributed by atoms with Crippen molar-refractivity contribution in [2.24, 2.45) is 10.9 Å². The molecule has 1 unspecified atom stereocenters. The molecule has 0 spiro atoms. The minimum Gasteiger partial charge on any atom is -0.451 e. The molecule has 138 valence electrons. The second-order valence-corrected chi connectivity index (χ2v) is 7.06. The van der Waals surface area contributed by atoms with Gasteiger partial charge in [0, 0.05) is 23.3 Å². The zero-order valence-electron chi connectivity index (χ0n) is 14.9. The Hall–Kier alpha value is -3.54. The normalized spacial score (nSPS) is 22.1. The first-order valence-electron chi connectivity index (χ1n) is 9.19. The highest BCUT2D eigenvalue weighted by atomic mass is 16.3. The predicted molar refractivity (Wildman–Crippen MR) is 104 cm³/mol. The van der Waals surface area contributed by atoms with Crippen LogP contribution in [0.15, 0.2) is 79.6 Å². The number of hydrogen-bond acceptors (Lipinski definition) is 4. The number of nitrogens with zero attached hydrogens (tertiary/aromatic N) is 1. The van der Waals surface area contributed by atoms with Crippen molar-refractivity contribution >= 4 is 28.5 Å². The Balaban J connectivity index is 1.48. The van der Waals surface area contributed by atoms with E-state index in [2.05, 4.69) is 10.3 Å². The Bertz CT molecular complexity index is 1230.